The first kappa shape index (κ1) is 50.6. The van der Waals surface area contributed by atoms with Crippen LogP contribution in [-0.2, 0) is 46.4 Å². The van der Waals surface area contributed by atoms with Crippen LogP contribution >= 0.6 is 0 Å². The predicted octanol–water partition coefficient (Wildman–Crippen LogP) is 3.75. The summed E-state index contributed by atoms with van der Waals surface area (Å²) in [6.07, 6.45) is 7.21. The van der Waals surface area contributed by atoms with Gasteiger partial charge in [-0.15, -0.1) is 10.2 Å². The molecule has 2 heterocycles. The van der Waals surface area contributed by atoms with Gasteiger partial charge >= 0.3 is 0 Å². The van der Waals surface area contributed by atoms with E-state index < -0.39 is 18.0 Å². The van der Waals surface area contributed by atoms with E-state index in [1.165, 1.54) is 0 Å². The Hall–Kier alpha value is -4.78. The van der Waals surface area contributed by atoms with Crippen LogP contribution in [0.4, 0.5) is 5.82 Å². The summed E-state index contributed by atoms with van der Waals surface area (Å²) in [4.78, 5) is 58.8. The van der Waals surface area contributed by atoms with Crippen LogP contribution in [0.2, 0.25) is 0 Å². The molecule has 1 saturated carbocycles. The molecule has 0 aliphatic heterocycles. The lowest BCUT2D eigenvalue weighted by Gasteiger charge is -2.30. The summed E-state index contributed by atoms with van der Waals surface area (Å²) in [5, 5.41) is 23.1. The summed E-state index contributed by atoms with van der Waals surface area (Å²) in [7, 11) is 0. The Morgan fingerprint density at radius 1 is 0.852 bits per heavy atom. The van der Waals surface area contributed by atoms with E-state index in [4.69, 9.17) is 35.2 Å². The number of aromatic nitrogens is 4. The third-order valence-electron chi connectivity index (χ3n) is 10.4. The maximum Gasteiger partial charge on any atom is 0.260 e. The summed E-state index contributed by atoms with van der Waals surface area (Å²) < 4.78 is 24.3. The smallest absolute Gasteiger partial charge is 0.260 e. The number of anilines is 1. The average molecular weight is 859 g/mol. The van der Waals surface area contributed by atoms with Crippen LogP contribution in [0, 0.1) is 17.8 Å². The van der Waals surface area contributed by atoms with Gasteiger partial charge in [-0.2, -0.15) is 0 Å². The van der Waals surface area contributed by atoms with Crippen molar-refractivity contribution in [2.24, 2.45) is 22.9 Å². The zero-order valence-electron chi connectivity index (χ0n) is 37.1. The molecule has 0 bridgehead atoms. The highest BCUT2D eigenvalue weighted by molar-refractivity contribution is 5.92. The molecule has 0 radical (unpaired) electrons. The standard InChI is InChI=1S/C41H70N12O8/c1-7-8-10-32-48-36-37(41(61-28(4)5)51-50-38(36)42)53(32)26-31-15-13-30(14-16-31)25-45-39(56)29(6)47-40(57)35(27(2)3)49-34(55)12-9-11-33(54)44-17-19-58-21-23-60-24-22-59-20-18-46-52-43/h27-31,35H,7-26H2,1-6H3,(H2,42,50)(H,44,54)(H,45,56)(H,47,57)(H,49,55)/t29-,30-,31-,35-/m0/s1. The molecular formula is C41H70N12O8. The van der Waals surface area contributed by atoms with Crippen molar-refractivity contribution in [3.63, 3.8) is 0 Å². The quantitative estimate of drug-likeness (QED) is 0.0325. The lowest BCUT2D eigenvalue weighted by molar-refractivity contribution is -0.132. The minimum Gasteiger partial charge on any atom is -0.472 e. The fraction of sp³-hybridized carbons (Fsp3) is 0.780. The zero-order valence-corrected chi connectivity index (χ0v) is 37.1. The van der Waals surface area contributed by atoms with Gasteiger partial charge in [0.15, 0.2) is 5.82 Å². The second-order valence-corrected chi connectivity index (χ2v) is 16.1. The summed E-state index contributed by atoms with van der Waals surface area (Å²) in [6, 6.07) is -1.63. The normalized spacial score (nSPS) is 16.2. The van der Waals surface area contributed by atoms with Crippen molar-refractivity contribution >= 4 is 40.5 Å². The van der Waals surface area contributed by atoms with E-state index in [0.29, 0.717) is 88.2 Å². The highest BCUT2D eigenvalue weighted by Gasteiger charge is 2.29. The van der Waals surface area contributed by atoms with E-state index >= 15 is 0 Å². The minimum atomic E-state index is -0.837. The SMILES string of the molecule is CCCCc1nc2c(N)nnc(OC(C)C)c2n1C[C@H]1CC[C@H](CNC(=O)[C@H](C)NC(=O)[C@@H](NC(=O)CCCC(=O)NCCOCCOCCOCCN=[N+]=[N-])C(C)C)CC1. The van der Waals surface area contributed by atoms with Crippen molar-refractivity contribution in [3.05, 3.63) is 16.3 Å². The van der Waals surface area contributed by atoms with Crippen molar-refractivity contribution in [2.75, 3.05) is 65.0 Å². The highest BCUT2D eigenvalue weighted by atomic mass is 16.5. The molecule has 1 aliphatic rings. The minimum absolute atomic E-state index is 0.0706. The van der Waals surface area contributed by atoms with Crippen LogP contribution in [0.15, 0.2) is 5.11 Å². The first-order valence-electron chi connectivity index (χ1n) is 21.9. The van der Waals surface area contributed by atoms with Crippen molar-refractivity contribution in [1.29, 1.82) is 0 Å². The van der Waals surface area contributed by atoms with Crippen LogP contribution in [0.5, 0.6) is 5.88 Å². The molecule has 2 aromatic heterocycles. The van der Waals surface area contributed by atoms with Crippen molar-refractivity contribution in [1.82, 2.24) is 41.0 Å². The first-order chi connectivity index (χ1) is 29.3. The maximum atomic E-state index is 13.2. The largest absolute Gasteiger partial charge is 0.472 e. The monoisotopic (exact) mass is 859 g/mol. The Morgan fingerprint density at radius 2 is 1.51 bits per heavy atom. The number of fused-ring (bicyclic) bond motifs is 1. The number of nitrogens with one attached hydrogen (secondary N) is 4. The zero-order chi connectivity index (χ0) is 44.6. The third kappa shape index (κ3) is 18.4. The highest BCUT2D eigenvalue weighted by Crippen LogP contribution is 2.34. The number of hydrogen-bond acceptors (Lipinski definition) is 13. The van der Waals surface area contributed by atoms with Crippen LogP contribution in [0.1, 0.15) is 105 Å². The number of carbonyl (C=O) groups excluding carboxylic acids is 4. The number of nitrogens with two attached hydrogens (primary N) is 1. The molecule has 0 unspecified atom stereocenters. The van der Waals surface area contributed by atoms with E-state index in [1.807, 2.05) is 27.7 Å². The molecule has 0 spiro atoms. The summed E-state index contributed by atoms with van der Waals surface area (Å²) in [5.41, 5.74) is 15.9. The molecule has 3 rings (SSSR count). The number of azide groups is 1. The first-order valence-corrected chi connectivity index (χ1v) is 21.9. The number of ether oxygens (including phenoxy) is 4. The lowest BCUT2D eigenvalue weighted by Crippen LogP contribution is -2.54. The molecule has 1 aliphatic carbocycles. The van der Waals surface area contributed by atoms with Gasteiger partial charge in [0.2, 0.25) is 23.6 Å². The Labute approximate surface area is 359 Å². The number of carbonyl (C=O) groups is 4. The Bertz CT molecular complexity index is 1710. The van der Waals surface area contributed by atoms with E-state index in [9.17, 15) is 19.2 Å². The molecule has 6 N–H and O–H groups in total. The molecule has 4 amide bonds. The van der Waals surface area contributed by atoms with Gasteiger partial charge in [0.25, 0.3) is 5.88 Å². The molecule has 61 heavy (non-hydrogen) atoms. The van der Waals surface area contributed by atoms with Crippen molar-refractivity contribution in [3.8, 4) is 5.88 Å². The van der Waals surface area contributed by atoms with Gasteiger partial charge in [-0.1, -0.05) is 32.3 Å². The van der Waals surface area contributed by atoms with E-state index in [2.05, 4.69) is 53.0 Å². The van der Waals surface area contributed by atoms with Gasteiger partial charge in [0.1, 0.15) is 28.9 Å². The fourth-order valence-electron chi connectivity index (χ4n) is 6.99. The number of imidazole rings is 1. The topological polar surface area (TPSA) is 272 Å². The summed E-state index contributed by atoms with van der Waals surface area (Å²) in [5.74, 6) is 0.940. The second kappa shape index (κ2) is 27.9. The number of nitrogens with zero attached hydrogens (tertiary/aromatic N) is 7. The number of unbranched alkanes of at least 4 members (excludes halogenated alkanes) is 1. The van der Waals surface area contributed by atoms with E-state index in [1.54, 1.807) is 6.92 Å². The van der Waals surface area contributed by atoms with Gasteiger partial charge in [0, 0.05) is 50.4 Å². The summed E-state index contributed by atoms with van der Waals surface area (Å²) in [6.45, 7) is 15.4. The van der Waals surface area contributed by atoms with Gasteiger partial charge in [0.05, 0.1) is 45.7 Å². The maximum absolute atomic E-state index is 13.2. The van der Waals surface area contributed by atoms with E-state index in [-0.39, 0.29) is 49.1 Å². The van der Waals surface area contributed by atoms with Crippen LogP contribution in [0.25, 0.3) is 21.5 Å². The predicted molar refractivity (Wildman–Crippen MR) is 230 cm³/mol. The number of aryl methyl sites for hydroxylation is 1. The third-order valence-corrected chi connectivity index (χ3v) is 10.4. The van der Waals surface area contributed by atoms with Gasteiger partial charge in [-0.05, 0) is 82.6 Å². The summed E-state index contributed by atoms with van der Waals surface area (Å²) >= 11 is 0. The average Bonchev–Trinajstić information content (AvgIpc) is 3.59. The molecule has 20 nitrogen and oxygen atoms in total. The molecule has 0 aromatic carbocycles. The molecule has 2 atom stereocenters. The Kier molecular flexibility index (Phi) is 23.2. The second-order valence-electron chi connectivity index (χ2n) is 16.1. The molecule has 342 valence electrons. The molecule has 2 aromatic rings. The molecule has 1 fully saturated rings. The van der Waals surface area contributed by atoms with Gasteiger partial charge < -0.3 is 50.5 Å². The van der Waals surface area contributed by atoms with Gasteiger partial charge in [-0.3, -0.25) is 19.2 Å². The van der Waals surface area contributed by atoms with E-state index in [0.717, 1.165) is 62.8 Å². The fourth-order valence-corrected chi connectivity index (χ4v) is 6.99. The van der Waals surface area contributed by atoms with Crippen LogP contribution in [0.3, 0.4) is 0 Å². The number of nitrogen functional groups attached to an aromatic ring is 1. The van der Waals surface area contributed by atoms with Crippen LogP contribution < -0.4 is 31.7 Å². The Balaban J connectivity index is 1.33. The van der Waals surface area contributed by atoms with Crippen LogP contribution in [-0.4, -0.2) is 121 Å². The Morgan fingerprint density at radius 3 is 2.16 bits per heavy atom. The number of amides is 4. The molecule has 0 saturated heterocycles. The van der Waals surface area contributed by atoms with Crippen molar-refractivity contribution in [2.45, 2.75) is 130 Å². The number of hydrogen-bond donors (Lipinski definition) is 5. The lowest BCUT2D eigenvalue weighted by atomic mass is 9.82. The molecular weight excluding hydrogens is 789 g/mol. The molecule has 20 heteroatoms. The number of rotatable bonds is 30. The van der Waals surface area contributed by atoms with Crippen molar-refractivity contribution < 1.29 is 38.1 Å². The van der Waals surface area contributed by atoms with Gasteiger partial charge in [-0.25, -0.2) is 4.98 Å².